The van der Waals surface area contributed by atoms with E-state index in [1.807, 2.05) is 31.2 Å². The first kappa shape index (κ1) is 17.3. The van der Waals surface area contributed by atoms with Crippen molar-refractivity contribution in [3.63, 3.8) is 0 Å². The number of aryl methyl sites for hydroxylation is 1. The fourth-order valence-corrected chi connectivity index (χ4v) is 3.00. The molecular weight excluding hydrogens is 360 g/mol. The molecule has 0 radical (unpaired) electrons. The first-order valence-electron chi connectivity index (χ1n) is 8.16. The number of halogens is 4. The van der Waals surface area contributed by atoms with Crippen LogP contribution in [0.25, 0.3) is 5.70 Å². The van der Waals surface area contributed by atoms with E-state index in [-0.39, 0.29) is 5.95 Å². The van der Waals surface area contributed by atoms with Crippen LogP contribution >= 0.6 is 0 Å². The Morgan fingerprint density at radius 1 is 1.07 bits per heavy atom. The van der Waals surface area contributed by atoms with Crippen molar-refractivity contribution in [3.8, 4) is 0 Å². The van der Waals surface area contributed by atoms with Crippen molar-refractivity contribution in [1.82, 2.24) is 14.8 Å². The third kappa shape index (κ3) is 3.30. The Hall–Kier alpha value is -3.16. The van der Waals surface area contributed by atoms with Crippen LogP contribution in [0.4, 0.5) is 23.5 Å². The van der Waals surface area contributed by atoms with Crippen LogP contribution in [0.15, 0.2) is 54.6 Å². The van der Waals surface area contributed by atoms with Crippen LogP contribution in [-0.2, 0) is 6.18 Å². The molecule has 0 aliphatic carbocycles. The fourth-order valence-electron chi connectivity index (χ4n) is 3.00. The summed E-state index contributed by atoms with van der Waals surface area (Å²) in [6, 6.07) is 12.5. The zero-order chi connectivity index (χ0) is 19.2. The molecule has 1 unspecified atom stereocenters. The molecule has 8 heteroatoms. The fraction of sp³-hybridized carbons (Fsp3) is 0.158. The Bertz CT molecular complexity index is 1020. The molecule has 0 amide bonds. The molecule has 1 aliphatic heterocycles. The van der Waals surface area contributed by atoms with E-state index in [0.29, 0.717) is 11.3 Å². The van der Waals surface area contributed by atoms with Crippen molar-refractivity contribution < 1.29 is 17.6 Å². The molecule has 2 heterocycles. The van der Waals surface area contributed by atoms with Gasteiger partial charge in [-0.2, -0.15) is 18.2 Å². The third-order valence-electron chi connectivity index (χ3n) is 4.26. The number of nitrogens with zero attached hydrogens (tertiary/aromatic N) is 3. The minimum atomic E-state index is -4.65. The number of benzene rings is 2. The zero-order valence-electron chi connectivity index (χ0n) is 14.1. The van der Waals surface area contributed by atoms with Crippen molar-refractivity contribution in [2.45, 2.75) is 19.1 Å². The molecular formula is C19H14F4N4. The molecule has 2 aromatic carbocycles. The maximum Gasteiger partial charge on any atom is 0.453 e. The molecule has 0 spiro atoms. The van der Waals surface area contributed by atoms with Crippen LogP contribution in [-0.4, -0.2) is 14.8 Å². The van der Waals surface area contributed by atoms with Crippen LogP contribution in [0.3, 0.4) is 0 Å². The lowest BCUT2D eigenvalue weighted by molar-refractivity contribution is -0.145. The molecule has 0 saturated heterocycles. The van der Waals surface area contributed by atoms with Crippen molar-refractivity contribution in [3.05, 3.63) is 82.9 Å². The molecule has 0 bridgehead atoms. The summed E-state index contributed by atoms with van der Waals surface area (Å²) in [5.41, 5.74) is 2.92. The molecule has 4 nitrogen and oxygen atoms in total. The van der Waals surface area contributed by atoms with E-state index >= 15 is 0 Å². The van der Waals surface area contributed by atoms with Crippen LogP contribution < -0.4 is 5.32 Å². The SMILES string of the molecule is Cc1cccc(C2C=C(c3ccc(F)cc3)Nc3nc(C(F)(F)F)nn32)c1. The second-order valence-electron chi connectivity index (χ2n) is 6.27. The quantitative estimate of drug-likeness (QED) is 0.655. The summed E-state index contributed by atoms with van der Waals surface area (Å²) in [5, 5.41) is 6.53. The largest absolute Gasteiger partial charge is 0.453 e. The molecule has 138 valence electrons. The molecule has 1 aromatic heterocycles. The first-order chi connectivity index (χ1) is 12.8. The Labute approximate surface area is 152 Å². The normalized spacial score (nSPS) is 16.5. The molecule has 4 rings (SSSR count). The maximum absolute atomic E-state index is 13.2. The number of alkyl halides is 3. The molecule has 1 atom stereocenters. The second kappa shape index (κ2) is 6.22. The Balaban J connectivity index is 1.85. The van der Waals surface area contributed by atoms with Gasteiger partial charge in [-0.1, -0.05) is 29.8 Å². The minimum Gasteiger partial charge on any atom is -0.324 e. The third-order valence-corrected chi connectivity index (χ3v) is 4.26. The first-order valence-corrected chi connectivity index (χ1v) is 8.16. The molecule has 0 saturated carbocycles. The van der Waals surface area contributed by atoms with E-state index in [4.69, 9.17) is 0 Å². The van der Waals surface area contributed by atoms with Gasteiger partial charge in [0, 0.05) is 5.70 Å². The van der Waals surface area contributed by atoms with Gasteiger partial charge >= 0.3 is 6.18 Å². The number of aromatic nitrogens is 3. The van der Waals surface area contributed by atoms with Gasteiger partial charge in [-0.15, -0.1) is 5.10 Å². The van der Waals surface area contributed by atoms with E-state index in [1.165, 1.54) is 16.8 Å². The predicted octanol–water partition coefficient (Wildman–Crippen LogP) is 4.80. The zero-order valence-corrected chi connectivity index (χ0v) is 14.1. The van der Waals surface area contributed by atoms with Gasteiger partial charge in [0.15, 0.2) is 0 Å². The van der Waals surface area contributed by atoms with Crippen molar-refractivity contribution in [1.29, 1.82) is 0 Å². The van der Waals surface area contributed by atoms with Gasteiger partial charge in [0.05, 0.1) is 0 Å². The average molecular weight is 374 g/mol. The lowest BCUT2D eigenvalue weighted by atomic mass is 10.0. The number of hydrogen-bond donors (Lipinski definition) is 1. The molecule has 1 N–H and O–H groups in total. The minimum absolute atomic E-state index is 0.0179. The predicted molar refractivity (Wildman–Crippen MR) is 92.3 cm³/mol. The molecule has 0 fully saturated rings. The van der Waals surface area contributed by atoms with Crippen LogP contribution in [0, 0.1) is 12.7 Å². The van der Waals surface area contributed by atoms with E-state index in [1.54, 1.807) is 18.2 Å². The van der Waals surface area contributed by atoms with Crippen molar-refractivity contribution in [2.24, 2.45) is 0 Å². The van der Waals surface area contributed by atoms with Gasteiger partial charge in [-0.05, 0) is 48.4 Å². The second-order valence-corrected chi connectivity index (χ2v) is 6.27. The number of anilines is 1. The van der Waals surface area contributed by atoms with Gasteiger partial charge in [0.25, 0.3) is 5.82 Å². The van der Waals surface area contributed by atoms with Gasteiger partial charge in [0.2, 0.25) is 5.95 Å². The summed E-state index contributed by atoms with van der Waals surface area (Å²) in [7, 11) is 0. The Morgan fingerprint density at radius 2 is 1.81 bits per heavy atom. The molecule has 27 heavy (non-hydrogen) atoms. The topological polar surface area (TPSA) is 42.7 Å². The van der Waals surface area contributed by atoms with Crippen LogP contribution in [0.2, 0.25) is 0 Å². The molecule has 1 aliphatic rings. The maximum atomic E-state index is 13.2. The van der Waals surface area contributed by atoms with Gasteiger partial charge < -0.3 is 5.32 Å². The summed E-state index contributed by atoms with van der Waals surface area (Å²) in [6.45, 7) is 1.90. The van der Waals surface area contributed by atoms with E-state index < -0.39 is 23.9 Å². The van der Waals surface area contributed by atoms with Gasteiger partial charge in [-0.3, -0.25) is 0 Å². The number of fused-ring (bicyclic) bond motifs is 1. The van der Waals surface area contributed by atoms with E-state index in [0.717, 1.165) is 11.1 Å². The van der Waals surface area contributed by atoms with Crippen LogP contribution in [0.5, 0.6) is 0 Å². The summed E-state index contributed by atoms with van der Waals surface area (Å²) in [5.74, 6) is -1.63. The van der Waals surface area contributed by atoms with E-state index in [9.17, 15) is 17.6 Å². The number of hydrogen-bond acceptors (Lipinski definition) is 3. The highest BCUT2D eigenvalue weighted by atomic mass is 19.4. The highest BCUT2D eigenvalue weighted by Gasteiger charge is 2.39. The average Bonchev–Trinajstić information content (AvgIpc) is 3.06. The van der Waals surface area contributed by atoms with Gasteiger partial charge in [-0.25, -0.2) is 9.07 Å². The highest BCUT2D eigenvalue weighted by molar-refractivity contribution is 5.77. The van der Waals surface area contributed by atoms with Crippen LogP contribution in [0.1, 0.15) is 28.6 Å². The Morgan fingerprint density at radius 3 is 2.48 bits per heavy atom. The van der Waals surface area contributed by atoms with Gasteiger partial charge in [0.1, 0.15) is 11.9 Å². The number of allylic oxidation sites excluding steroid dienone is 1. The summed E-state index contributed by atoms with van der Waals surface area (Å²) < 4.78 is 53.8. The van der Waals surface area contributed by atoms with Crippen molar-refractivity contribution >= 4 is 11.6 Å². The van der Waals surface area contributed by atoms with E-state index in [2.05, 4.69) is 15.4 Å². The van der Waals surface area contributed by atoms with Crippen molar-refractivity contribution in [2.75, 3.05) is 5.32 Å². The summed E-state index contributed by atoms with van der Waals surface area (Å²) >= 11 is 0. The molecule has 3 aromatic rings. The number of rotatable bonds is 2. The smallest absolute Gasteiger partial charge is 0.324 e. The summed E-state index contributed by atoms with van der Waals surface area (Å²) in [6.07, 6.45) is -2.90. The highest BCUT2D eigenvalue weighted by Crippen LogP contribution is 2.35. The number of nitrogens with one attached hydrogen (secondary N) is 1. The monoisotopic (exact) mass is 374 g/mol. The Kier molecular flexibility index (Phi) is 3.98. The standard InChI is InChI=1S/C19H14F4N4/c1-11-3-2-4-13(9-11)16-10-15(12-5-7-14(20)8-6-12)24-18-25-17(19(21,22)23)26-27(16)18/h2-10,16H,1H3,(H,24,25,26). The lowest BCUT2D eigenvalue weighted by Gasteiger charge is -2.24. The summed E-state index contributed by atoms with van der Waals surface area (Å²) in [4.78, 5) is 3.61. The lowest BCUT2D eigenvalue weighted by Crippen LogP contribution is -2.20.